The van der Waals surface area contributed by atoms with Crippen molar-refractivity contribution in [2.24, 2.45) is 0 Å². The summed E-state index contributed by atoms with van der Waals surface area (Å²) in [6.07, 6.45) is -0.466. The Bertz CT molecular complexity index is 939. The van der Waals surface area contributed by atoms with Crippen molar-refractivity contribution in [3.8, 4) is 11.5 Å². The molecule has 0 aliphatic carbocycles. The van der Waals surface area contributed by atoms with Crippen molar-refractivity contribution >= 4 is 28.6 Å². The third-order valence-electron chi connectivity index (χ3n) is 4.21. The van der Waals surface area contributed by atoms with E-state index in [1.807, 2.05) is 36.4 Å². The Kier molecular flexibility index (Phi) is 4.61. The second kappa shape index (κ2) is 7.05. The molecule has 1 aliphatic heterocycles. The van der Waals surface area contributed by atoms with Gasteiger partial charge in [-0.05, 0) is 36.8 Å². The molecule has 2 aromatic carbocycles. The number of aliphatic hydroxyl groups is 1. The Balaban J connectivity index is 1.72. The predicted octanol–water partition coefficient (Wildman–Crippen LogP) is 3.30. The Morgan fingerprint density at radius 1 is 1.27 bits per heavy atom. The van der Waals surface area contributed by atoms with Crippen LogP contribution in [0.4, 0.5) is 5.95 Å². The first-order chi connectivity index (χ1) is 12.6. The summed E-state index contributed by atoms with van der Waals surface area (Å²) in [6.45, 7) is 3.75. The number of rotatable bonds is 5. The number of hydrogen-bond donors (Lipinski definition) is 2. The average molecular weight is 374 g/mol. The van der Waals surface area contributed by atoms with Crippen LogP contribution in [-0.2, 0) is 6.54 Å². The van der Waals surface area contributed by atoms with Gasteiger partial charge in [0.25, 0.3) is 0 Å². The Morgan fingerprint density at radius 3 is 2.92 bits per heavy atom. The van der Waals surface area contributed by atoms with E-state index in [1.54, 1.807) is 6.92 Å². The number of halogens is 1. The SMILES string of the molecule is CC(O)CNc1nc2ccccc2n1Cc1cc(Cl)c2c(c1)OCCO2. The zero-order chi connectivity index (χ0) is 18.1. The van der Waals surface area contributed by atoms with E-state index in [9.17, 15) is 5.11 Å². The van der Waals surface area contributed by atoms with Gasteiger partial charge in [0.05, 0.1) is 28.7 Å². The fraction of sp³-hybridized carbons (Fsp3) is 0.316. The van der Waals surface area contributed by atoms with E-state index in [0.29, 0.717) is 48.8 Å². The van der Waals surface area contributed by atoms with Crippen LogP contribution in [0.3, 0.4) is 0 Å². The molecule has 0 radical (unpaired) electrons. The molecular weight excluding hydrogens is 354 g/mol. The Morgan fingerprint density at radius 2 is 2.08 bits per heavy atom. The van der Waals surface area contributed by atoms with Crippen LogP contribution in [0.5, 0.6) is 11.5 Å². The molecule has 0 fully saturated rings. The van der Waals surface area contributed by atoms with E-state index in [-0.39, 0.29) is 0 Å². The van der Waals surface area contributed by atoms with Gasteiger partial charge in [0, 0.05) is 6.54 Å². The monoisotopic (exact) mass is 373 g/mol. The number of anilines is 1. The molecule has 1 aliphatic rings. The smallest absolute Gasteiger partial charge is 0.204 e. The summed E-state index contributed by atoms with van der Waals surface area (Å²) in [5.74, 6) is 1.98. The van der Waals surface area contributed by atoms with Crippen molar-refractivity contribution in [3.05, 3.63) is 47.0 Å². The van der Waals surface area contributed by atoms with Crippen molar-refractivity contribution in [1.82, 2.24) is 9.55 Å². The van der Waals surface area contributed by atoms with Crippen LogP contribution in [0, 0.1) is 0 Å². The highest BCUT2D eigenvalue weighted by Crippen LogP contribution is 2.38. The van der Waals surface area contributed by atoms with Crippen molar-refractivity contribution < 1.29 is 14.6 Å². The minimum Gasteiger partial charge on any atom is -0.486 e. The number of nitrogens with one attached hydrogen (secondary N) is 1. The lowest BCUT2D eigenvalue weighted by atomic mass is 10.2. The van der Waals surface area contributed by atoms with Crippen LogP contribution in [0.1, 0.15) is 12.5 Å². The van der Waals surface area contributed by atoms with Gasteiger partial charge in [0.1, 0.15) is 13.2 Å². The number of nitrogens with zero attached hydrogens (tertiary/aromatic N) is 2. The van der Waals surface area contributed by atoms with Crippen LogP contribution in [0.2, 0.25) is 5.02 Å². The summed E-state index contributed by atoms with van der Waals surface area (Å²) in [5.41, 5.74) is 2.89. The summed E-state index contributed by atoms with van der Waals surface area (Å²) < 4.78 is 13.3. The molecule has 1 aromatic heterocycles. The van der Waals surface area contributed by atoms with Gasteiger partial charge in [0.2, 0.25) is 5.95 Å². The first-order valence-corrected chi connectivity index (χ1v) is 8.95. The number of benzene rings is 2. The van der Waals surface area contributed by atoms with E-state index in [2.05, 4.69) is 14.9 Å². The molecule has 0 bridgehead atoms. The van der Waals surface area contributed by atoms with Crippen molar-refractivity contribution in [3.63, 3.8) is 0 Å². The molecule has 26 heavy (non-hydrogen) atoms. The topological polar surface area (TPSA) is 68.5 Å². The summed E-state index contributed by atoms with van der Waals surface area (Å²) in [7, 11) is 0. The van der Waals surface area contributed by atoms with Crippen molar-refractivity contribution in [2.45, 2.75) is 19.6 Å². The highest BCUT2D eigenvalue weighted by atomic mass is 35.5. The second-order valence-corrected chi connectivity index (χ2v) is 6.75. The fourth-order valence-corrected chi connectivity index (χ4v) is 3.34. The normalized spacial score (nSPS) is 14.4. The number of aromatic nitrogens is 2. The lowest BCUT2D eigenvalue weighted by Gasteiger charge is -2.20. The maximum atomic E-state index is 9.59. The molecule has 7 heteroatoms. The van der Waals surface area contributed by atoms with Gasteiger partial charge in [-0.2, -0.15) is 0 Å². The molecule has 0 spiro atoms. The van der Waals surface area contributed by atoms with Gasteiger partial charge in [-0.3, -0.25) is 0 Å². The van der Waals surface area contributed by atoms with Crippen molar-refractivity contribution in [1.29, 1.82) is 0 Å². The number of fused-ring (bicyclic) bond motifs is 2. The summed E-state index contributed by atoms with van der Waals surface area (Å²) in [4.78, 5) is 4.64. The number of aliphatic hydroxyl groups excluding tert-OH is 1. The lowest BCUT2D eigenvalue weighted by Crippen LogP contribution is -2.18. The third-order valence-corrected chi connectivity index (χ3v) is 4.49. The maximum Gasteiger partial charge on any atom is 0.204 e. The quantitative estimate of drug-likeness (QED) is 0.718. The molecule has 136 valence electrons. The maximum absolute atomic E-state index is 9.59. The number of para-hydroxylation sites is 2. The van der Waals surface area contributed by atoms with Gasteiger partial charge >= 0.3 is 0 Å². The number of imidazole rings is 1. The molecule has 2 heterocycles. The standard InChI is InChI=1S/C19H20ClN3O3/c1-12(24)10-21-19-22-15-4-2-3-5-16(15)23(19)11-13-8-14(20)18-17(9-13)25-6-7-26-18/h2-5,8-9,12,24H,6-7,10-11H2,1H3,(H,21,22). The average Bonchev–Trinajstić information content (AvgIpc) is 2.98. The molecule has 3 aromatic rings. The van der Waals surface area contributed by atoms with E-state index in [0.717, 1.165) is 16.6 Å². The number of hydrogen-bond acceptors (Lipinski definition) is 5. The fourth-order valence-electron chi connectivity index (χ4n) is 3.05. The molecule has 6 nitrogen and oxygen atoms in total. The summed E-state index contributed by atoms with van der Waals surface area (Å²) in [5, 5.41) is 13.3. The molecule has 4 rings (SSSR count). The van der Waals surface area contributed by atoms with Crippen molar-refractivity contribution in [2.75, 3.05) is 25.1 Å². The van der Waals surface area contributed by atoms with Crippen LogP contribution in [-0.4, -0.2) is 40.5 Å². The van der Waals surface area contributed by atoms with Crippen LogP contribution >= 0.6 is 11.6 Å². The zero-order valence-corrected chi connectivity index (χ0v) is 15.2. The van der Waals surface area contributed by atoms with Crippen LogP contribution in [0.15, 0.2) is 36.4 Å². The minimum absolute atomic E-state index is 0.422. The van der Waals surface area contributed by atoms with Gasteiger partial charge in [-0.1, -0.05) is 23.7 Å². The highest BCUT2D eigenvalue weighted by molar-refractivity contribution is 6.32. The van der Waals surface area contributed by atoms with Crippen LogP contribution in [0.25, 0.3) is 11.0 Å². The number of ether oxygens (including phenoxy) is 2. The molecule has 2 N–H and O–H groups in total. The minimum atomic E-state index is -0.466. The first kappa shape index (κ1) is 17.0. The van der Waals surface area contributed by atoms with Crippen LogP contribution < -0.4 is 14.8 Å². The third kappa shape index (κ3) is 3.30. The molecule has 1 unspecified atom stereocenters. The predicted molar refractivity (Wildman–Crippen MR) is 101 cm³/mol. The summed E-state index contributed by atoms with van der Waals surface area (Å²) in [6, 6.07) is 11.8. The lowest BCUT2D eigenvalue weighted by molar-refractivity contribution is 0.171. The van der Waals surface area contributed by atoms with E-state index >= 15 is 0 Å². The van der Waals surface area contributed by atoms with E-state index < -0.39 is 6.10 Å². The molecule has 1 atom stereocenters. The van der Waals surface area contributed by atoms with E-state index in [1.165, 1.54) is 0 Å². The molecule has 0 saturated heterocycles. The largest absolute Gasteiger partial charge is 0.486 e. The molecule has 0 amide bonds. The zero-order valence-electron chi connectivity index (χ0n) is 14.4. The van der Waals surface area contributed by atoms with Gasteiger partial charge in [0.15, 0.2) is 11.5 Å². The Labute approximate surface area is 156 Å². The second-order valence-electron chi connectivity index (χ2n) is 6.34. The molecular formula is C19H20ClN3O3. The highest BCUT2D eigenvalue weighted by Gasteiger charge is 2.18. The van der Waals surface area contributed by atoms with Gasteiger partial charge < -0.3 is 24.5 Å². The van der Waals surface area contributed by atoms with Gasteiger partial charge in [-0.25, -0.2) is 4.98 Å². The Hall–Kier alpha value is -2.44. The molecule has 0 saturated carbocycles. The first-order valence-electron chi connectivity index (χ1n) is 8.57. The van der Waals surface area contributed by atoms with E-state index in [4.69, 9.17) is 21.1 Å². The summed E-state index contributed by atoms with van der Waals surface area (Å²) >= 11 is 6.37. The van der Waals surface area contributed by atoms with Gasteiger partial charge in [-0.15, -0.1) is 0 Å².